The zero-order chi connectivity index (χ0) is 29.4. The summed E-state index contributed by atoms with van der Waals surface area (Å²) in [5.41, 5.74) is 5.96. The maximum absolute atomic E-state index is 13.8. The standard InChI is InChI=1S/C33H37FN6O2/c1-21-16-23-6-4-8-27(29(23)17-21)24-9-10-28-30(18-24)36-33(42-20-26-7-5-13-38(26)3)37-31(28)39-14-15-40(32(41)22(2)34)25(19-39)11-12-35/h4,6,8-10,18,21,25-26H,2,5,7,11,13-17,19-20H2,1,3H3/t21?,25-,26-/m0/s1. The molecule has 1 amide bonds. The number of fused-ring (bicyclic) bond motifs is 2. The van der Waals surface area contributed by atoms with Gasteiger partial charge in [0.15, 0.2) is 5.83 Å². The Hall–Kier alpha value is -4.03. The zero-order valence-corrected chi connectivity index (χ0v) is 24.4. The van der Waals surface area contributed by atoms with E-state index >= 15 is 0 Å². The van der Waals surface area contributed by atoms with E-state index in [1.165, 1.54) is 21.6 Å². The lowest BCUT2D eigenvalue weighted by molar-refractivity contribution is -0.131. The highest BCUT2D eigenvalue weighted by atomic mass is 19.1. The van der Waals surface area contributed by atoms with Crippen LogP contribution in [0.4, 0.5) is 10.2 Å². The van der Waals surface area contributed by atoms with Crippen LogP contribution in [0.3, 0.4) is 0 Å². The molecule has 0 radical (unpaired) electrons. The molecule has 6 rings (SSSR count). The number of nitriles is 1. The molecule has 0 N–H and O–H groups in total. The molecule has 0 spiro atoms. The first-order valence-corrected chi connectivity index (χ1v) is 14.9. The fraction of sp³-hybridized carbons (Fsp3) is 0.455. The van der Waals surface area contributed by atoms with Crippen LogP contribution in [-0.4, -0.2) is 77.6 Å². The van der Waals surface area contributed by atoms with Crippen LogP contribution in [0.2, 0.25) is 0 Å². The molecule has 9 heteroatoms. The summed E-state index contributed by atoms with van der Waals surface area (Å²) in [6, 6.07) is 15.2. The molecule has 2 aliphatic heterocycles. The minimum atomic E-state index is -1.01. The number of nitrogens with zero attached hydrogens (tertiary/aromatic N) is 6. The number of piperazine rings is 1. The van der Waals surface area contributed by atoms with E-state index in [2.05, 4.69) is 72.8 Å². The number of rotatable bonds is 7. The van der Waals surface area contributed by atoms with E-state index < -0.39 is 17.8 Å². The highest BCUT2D eigenvalue weighted by Gasteiger charge is 2.33. The predicted octanol–water partition coefficient (Wildman–Crippen LogP) is 4.92. The molecule has 2 aromatic carbocycles. The first-order chi connectivity index (χ1) is 20.3. The fourth-order valence-electron chi connectivity index (χ4n) is 6.81. The second-order valence-corrected chi connectivity index (χ2v) is 12.0. The van der Waals surface area contributed by atoms with Gasteiger partial charge in [-0.25, -0.2) is 4.39 Å². The number of hydrogen-bond donors (Lipinski definition) is 0. The van der Waals surface area contributed by atoms with Gasteiger partial charge in [-0.2, -0.15) is 15.2 Å². The monoisotopic (exact) mass is 568 g/mol. The number of halogens is 1. The van der Waals surface area contributed by atoms with Crippen molar-refractivity contribution in [2.24, 2.45) is 5.92 Å². The third-order valence-electron chi connectivity index (χ3n) is 9.04. The molecule has 42 heavy (non-hydrogen) atoms. The Morgan fingerprint density at radius 3 is 2.79 bits per heavy atom. The Labute approximate surface area is 246 Å². The molecule has 3 aliphatic rings. The first kappa shape index (κ1) is 28.1. The number of amides is 1. The lowest BCUT2D eigenvalue weighted by Gasteiger charge is -2.41. The van der Waals surface area contributed by atoms with Gasteiger partial charge in [0.1, 0.15) is 12.4 Å². The Morgan fingerprint density at radius 2 is 2.02 bits per heavy atom. The summed E-state index contributed by atoms with van der Waals surface area (Å²) in [4.78, 5) is 28.0. The van der Waals surface area contributed by atoms with E-state index in [9.17, 15) is 14.4 Å². The van der Waals surface area contributed by atoms with E-state index in [1.54, 1.807) is 0 Å². The van der Waals surface area contributed by atoms with Crippen molar-refractivity contribution in [3.8, 4) is 23.2 Å². The predicted molar refractivity (Wildman–Crippen MR) is 161 cm³/mol. The molecule has 0 saturated carbocycles. The summed E-state index contributed by atoms with van der Waals surface area (Å²) in [5.74, 6) is -0.449. The molecule has 3 atom stereocenters. The summed E-state index contributed by atoms with van der Waals surface area (Å²) in [7, 11) is 2.11. The van der Waals surface area contributed by atoms with Gasteiger partial charge < -0.3 is 19.4 Å². The number of ether oxygens (including phenoxy) is 1. The SMILES string of the molecule is C=C(F)C(=O)N1CCN(c2nc(OC[C@@H]3CCCN3C)nc3cc(-c4cccc5c4CC(C)C5)ccc23)C[C@@H]1CC#N. The van der Waals surface area contributed by atoms with Crippen molar-refractivity contribution in [3.05, 3.63) is 59.9 Å². The van der Waals surface area contributed by atoms with Crippen LogP contribution in [0.1, 0.15) is 37.3 Å². The Morgan fingerprint density at radius 1 is 1.17 bits per heavy atom. The van der Waals surface area contributed by atoms with Crippen molar-refractivity contribution in [2.45, 2.75) is 51.1 Å². The minimum Gasteiger partial charge on any atom is -0.462 e. The zero-order valence-electron chi connectivity index (χ0n) is 24.4. The number of hydrogen-bond acceptors (Lipinski definition) is 7. The van der Waals surface area contributed by atoms with Crippen LogP contribution < -0.4 is 9.64 Å². The smallest absolute Gasteiger partial charge is 0.319 e. The number of benzene rings is 2. The molecular formula is C33H37FN6O2. The first-order valence-electron chi connectivity index (χ1n) is 14.9. The lowest BCUT2D eigenvalue weighted by Crippen LogP contribution is -2.55. The van der Waals surface area contributed by atoms with E-state index in [1.807, 2.05) is 0 Å². The molecule has 2 saturated heterocycles. The van der Waals surface area contributed by atoms with Gasteiger partial charge in [-0.05, 0) is 79.6 Å². The van der Waals surface area contributed by atoms with Crippen molar-refractivity contribution < 1.29 is 13.9 Å². The number of carbonyl (C=O) groups excluding carboxylic acids is 1. The van der Waals surface area contributed by atoms with E-state index in [0.717, 1.165) is 48.7 Å². The largest absolute Gasteiger partial charge is 0.462 e. The molecule has 3 heterocycles. The van der Waals surface area contributed by atoms with Crippen molar-refractivity contribution in [3.63, 3.8) is 0 Å². The van der Waals surface area contributed by atoms with Crippen LogP contribution in [0.25, 0.3) is 22.0 Å². The van der Waals surface area contributed by atoms with Crippen molar-refractivity contribution in [1.82, 2.24) is 19.8 Å². The second kappa shape index (κ2) is 11.7. The van der Waals surface area contributed by atoms with Crippen molar-refractivity contribution in [1.29, 1.82) is 5.26 Å². The van der Waals surface area contributed by atoms with Crippen LogP contribution in [-0.2, 0) is 17.6 Å². The average molecular weight is 569 g/mol. The molecule has 218 valence electrons. The van der Waals surface area contributed by atoms with Crippen molar-refractivity contribution in [2.75, 3.05) is 44.7 Å². The van der Waals surface area contributed by atoms with Gasteiger partial charge in [0.05, 0.1) is 24.0 Å². The number of anilines is 1. The Kier molecular flexibility index (Phi) is 7.82. The quantitative estimate of drug-likeness (QED) is 0.374. The van der Waals surface area contributed by atoms with Crippen molar-refractivity contribution >= 4 is 22.6 Å². The molecule has 0 bridgehead atoms. The molecule has 3 aromatic rings. The third-order valence-corrected chi connectivity index (χ3v) is 9.04. The van der Waals surface area contributed by atoms with Gasteiger partial charge >= 0.3 is 6.01 Å². The number of likely N-dealkylation sites (tertiary alicyclic amines) is 1. The molecule has 1 aliphatic carbocycles. The molecular weight excluding hydrogens is 531 g/mol. The lowest BCUT2D eigenvalue weighted by atomic mass is 9.96. The van der Waals surface area contributed by atoms with Crippen LogP contribution in [0.15, 0.2) is 48.8 Å². The number of likely N-dealkylation sites (N-methyl/N-ethyl adjacent to an activating group) is 1. The minimum absolute atomic E-state index is 0.0809. The highest BCUT2D eigenvalue weighted by molar-refractivity contribution is 5.94. The maximum atomic E-state index is 13.8. The normalized spacial score (nSPS) is 22.3. The van der Waals surface area contributed by atoms with Crippen LogP contribution in [0.5, 0.6) is 6.01 Å². The fourth-order valence-corrected chi connectivity index (χ4v) is 6.81. The third kappa shape index (κ3) is 5.43. The van der Waals surface area contributed by atoms with E-state index in [-0.39, 0.29) is 13.0 Å². The van der Waals surface area contributed by atoms with Crippen LogP contribution >= 0.6 is 0 Å². The summed E-state index contributed by atoms with van der Waals surface area (Å²) in [6.07, 6.45) is 4.47. The molecule has 2 fully saturated rings. The van der Waals surface area contributed by atoms with Gasteiger partial charge in [0, 0.05) is 31.1 Å². The number of aromatic nitrogens is 2. The van der Waals surface area contributed by atoms with Gasteiger partial charge in [-0.15, -0.1) is 0 Å². The topological polar surface area (TPSA) is 85.6 Å². The summed E-state index contributed by atoms with van der Waals surface area (Å²) < 4.78 is 20.0. The summed E-state index contributed by atoms with van der Waals surface area (Å²) in [6.45, 7) is 8.06. The van der Waals surface area contributed by atoms with E-state index in [0.29, 0.717) is 43.5 Å². The van der Waals surface area contributed by atoms with Gasteiger partial charge in [0.25, 0.3) is 5.91 Å². The van der Waals surface area contributed by atoms with Gasteiger partial charge in [-0.1, -0.05) is 37.8 Å². The van der Waals surface area contributed by atoms with Gasteiger partial charge in [-0.3, -0.25) is 4.79 Å². The Bertz CT molecular complexity index is 1570. The van der Waals surface area contributed by atoms with Gasteiger partial charge in [0.2, 0.25) is 0 Å². The average Bonchev–Trinajstić information content (AvgIpc) is 3.58. The molecule has 1 aromatic heterocycles. The van der Waals surface area contributed by atoms with E-state index in [4.69, 9.17) is 14.7 Å². The second-order valence-electron chi connectivity index (χ2n) is 12.0. The number of carbonyl (C=O) groups is 1. The maximum Gasteiger partial charge on any atom is 0.319 e. The Balaban J connectivity index is 1.38. The van der Waals surface area contributed by atoms with Crippen LogP contribution in [0, 0.1) is 17.2 Å². The highest BCUT2D eigenvalue weighted by Crippen LogP contribution is 2.37. The molecule has 8 nitrogen and oxygen atoms in total. The molecule has 1 unspecified atom stereocenters. The summed E-state index contributed by atoms with van der Waals surface area (Å²) >= 11 is 0. The summed E-state index contributed by atoms with van der Waals surface area (Å²) in [5, 5.41) is 10.3.